The van der Waals surface area contributed by atoms with Crippen LogP contribution < -0.4 is 4.57 Å². The maximum absolute atomic E-state index is 2.31. The van der Waals surface area contributed by atoms with Gasteiger partial charge in [0.15, 0.2) is 11.9 Å². The molecule has 0 aliphatic carbocycles. The third-order valence-corrected chi connectivity index (χ3v) is 5.36. The Hall–Kier alpha value is -2.74. The minimum absolute atomic E-state index is 0.0148. The number of para-hydroxylation sites is 2. The first-order valence-corrected chi connectivity index (χ1v) is 8.75. The largest absolute Gasteiger partial charge is 0.212 e. The molecule has 4 rings (SSSR count). The SMILES string of the molecule is C[N+]1=C(C=Cc2cc3ccccc3[n+](C)c2)C(C)(C)c2ccccc21. The van der Waals surface area contributed by atoms with Crippen molar-refractivity contribution in [1.29, 1.82) is 0 Å². The standard InChI is InChI=1S/C23H24N2/c1-23(2)19-10-6-8-12-21(19)25(4)22(23)14-13-17-15-18-9-5-7-11-20(18)24(3)16-17/h5-16H,1-4H3/q+2. The van der Waals surface area contributed by atoms with Crippen LogP contribution in [-0.4, -0.2) is 17.3 Å². The van der Waals surface area contributed by atoms with Gasteiger partial charge in [-0.05, 0) is 32.1 Å². The highest BCUT2D eigenvalue weighted by molar-refractivity contribution is 6.05. The number of hydrogen-bond donors (Lipinski definition) is 0. The van der Waals surface area contributed by atoms with Crippen molar-refractivity contribution in [3.8, 4) is 0 Å². The van der Waals surface area contributed by atoms with Crippen LogP contribution in [0.1, 0.15) is 25.0 Å². The predicted molar refractivity (Wildman–Crippen MR) is 104 cm³/mol. The number of rotatable bonds is 2. The summed E-state index contributed by atoms with van der Waals surface area (Å²) in [6.07, 6.45) is 6.69. The molecule has 0 saturated heterocycles. The van der Waals surface area contributed by atoms with Crippen LogP contribution >= 0.6 is 0 Å². The van der Waals surface area contributed by atoms with E-state index in [1.54, 1.807) is 0 Å². The van der Waals surface area contributed by atoms with E-state index >= 15 is 0 Å². The summed E-state index contributed by atoms with van der Waals surface area (Å²) in [6, 6.07) is 19.4. The molecule has 0 bridgehead atoms. The molecule has 0 amide bonds. The molecule has 0 atom stereocenters. The third-order valence-electron chi connectivity index (χ3n) is 5.36. The number of fused-ring (bicyclic) bond motifs is 2. The summed E-state index contributed by atoms with van der Waals surface area (Å²) in [6.45, 7) is 4.60. The van der Waals surface area contributed by atoms with Crippen molar-refractivity contribution in [2.24, 2.45) is 7.05 Å². The van der Waals surface area contributed by atoms with Crippen molar-refractivity contribution in [2.75, 3.05) is 7.05 Å². The van der Waals surface area contributed by atoms with Crippen molar-refractivity contribution < 1.29 is 9.14 Å². The molecule has 0 saturated carbocycles. The topological polar surface area (TPSA) is 6.89 Å². The normalized spacial score (nSPS) is 16.0. The summed E-state index contributed by atoms with van der Waals surface area (Å²) >= 11 is 0. The van der Waals surface area contributed by atoms with E-state index in [9.17, 15) is 0 Å². The van der Waals surface area contributed by atoms with Crippen LogP contribution in [-0.2, 0) is 12.5 Å². The Morgan fingerprint density at radius 2 is 1.60 bits per heavy atom. The fraction of sp³-hybridized carbons (Fsp3) is 0.217. The molecule has 2 nitrogen and oxygen atoms in total. The highest BCUT2D eigenvalue weighted by Gasteiger charge is 2.42. The van der Waals surface area contributed by atoms with Crippen LogP contribution in [0.4, 0.5) is 5.69 Å². The van der Waals surface area contributed by atoms with Gasteiger partial charge in [0.1, 0.15) is 14.1 Å². The molecule has 2 aromatic carbocycles. The van der Waals surface area contributed by atoms with Crippen molar-refractivity contribution in [3.05, 3.63) is 78.0 Å². The van der Waals surface area contributed by atoms with Crippen LogP contribution in [0.15, 0.2) is 66.9 Å². The first kappa shape index (κ1) is 15.8. The van der Waals surface area contributed by atoms with Gasteiger partial charge in [0, 0.05) is 34.7 Å². The smallest absolute Gasteiger partial charge is 0.200 e. The molecule has 0 N–H and O–H groups in total. The van der Waals surface area contributed by atoms with E-state index in [2.05, 4.69) is 110 Å². The lowest BCUT2D eigenvalue weighted by atomic mass is 9.81. The van der Waals surface area contributed by atoms with E-state index in [0.29, 0.717) is 0 Å². The highest BCUT2D eigenvalue weighted by Crippen LogP contribution is 2.39. The van der Waals surface area contributed by atoms with Crippen molar-refractivity contribution in [3.63, 3.8) is 0 Å². The number of nitrogens with zero attached hydrogens (tertiary/aromatic N) is 2. The molecule has 3 aromatic rings. The molecular formula is C23H24N2+2. The van der Waals surface area contributed by atoms with E-state index in [1.807, 2.05) is 0 Å². The van der Waals surface area contributed by atoms with Crippen LogP contribution in [0.5, 0.6) is 0 Å². The van der Waals surface area contributed by atoms with Crippen LogP contribution in [0.2, 0.25) is 0 Å². The van der Waals surface area contributed by atoms with Gasteiger partial charge in [-0.2, -0.15) is 4.58 Å². The highest BCUT2D eigenvalue weighted by atomic mass is 15.0. The summed E-state index contributed by atoms with van der Waals surface area (Å²) in [4.78, 5) is 0. The molecule has 1 aliphatic heterocycles. The van der Waals surface area contributed by atoms with Crippen LogP contribution in [0.3, 0.4) is 0 Å². The maximum atomic E-state index is 2.31. The number of aromatic nitrogens is 1. The summed E-state index contributed by atoms with van der Waals surface area (Å²) in [7, 11) is 4.27. The molecule has 0 fully saturated rings. The molecule has 0 unspecified atom stereocenters. The number of pyridine rings is 1. The molecule has 0 spiro atoms. The maximum Gasteiger partial charge on any atom is 0.212 e. The Morgan fingerprint density at radius 1 is 0.880 bits per heavy atom. The molecule has 124 valence electrons. The third kappa shape index (κ3) is 2.49. The number of hydrogen-bond acceptors (Lipinski definition) is 0. The van der Waals surface area contributed by atoms with E-state index in [1.165, 1.54) is 33.4 Å². The molecule has 25 heavy (non-hydrogen) atoms. The Morgan fingerprint density at radius 3 is 2.40 bits per heavy atom. The van der Waals surface area contributed by atoms with Gasteiger partial charge in [0.2, 0.25) is 11.2 Å². The fourth-order valence-corrected chi connectivity index (χ4v) is 4.01. The monoisotopic (exact) mass is 328 g/mol. The van der Waals surface area contributed by atoms with Gasteiger partial charge < -0.3 is 0 Å². The first-order valence-electron chi connectivity index (χ1n) is 8.75. The lowest BCUT2D eigenvalue weighted by Crippen LogP contribution is -2.29. The van der Waals surface area contributed by atoms with Crippen LogP contribution in [0, 0.1) is 0 Å². The number of allylic oxidation sites excluding steroid dienone is 1. The molecular weight excluding hydrogens is 304 g/mol. The average Bonchev–Trinajstić information content (AvgIpc) is 2.80. The summed E-state index contributed by atoms with van der Waals surface area (Å²) in [5, 5.41) is 1.26. The lowest BCUT2D eigenvalue weighted by molar-refractivity contribution is -0.645. The quantitative estimate of drug-likeness (QED) is 0.616. The predicted octanol–water partition coefficient (Wildman–Crippen LogP) is 4.38. The van der Waals surface area contributed by atoms with Gasteiger partial charge in [-0.15, -0.1) is 0 Å². The Labute approximate surface area is 149 Å². The molecule has 2 heteroatoms. The van der Waals surface area contributed by atoms with Gasteiger partial charge >= 0.3 is 0 Å². The van der Waals surface area contributed by atoms with Crippen molar-refractivity contribution in [1.82, 2.24) is 0 Å². The van der Waals surface area contributed by atoms with Crippen molar-refractivity contribution >= 4 is 28.4 Å². The van der Waals surface area contributed by atoms with E-state index in [4.69, 9.17) is 0 Å². The average molecular weight is 328 g/mol. The van der Waals surface area contributed by atoms with Crippen molar-refractivity contribution in [2.45, 2.75) is 19.3 Å². The lowest BCUT2D eigenvalue weighted by Gasteiger charge is -2.15. The zero-order valence-corrected chi connectivity index (χ0v) is 15.3. The summed E-state index contributed by atoms with van der Waals surface area (Å²) in [5.41, 5.74) is 6.50. The van der Waals surface area contributed by atoms with E-state index < -0.39 is 0 Å². The van der Waals surface area contributed by atoms with Gasteiger partial charge in [-0.25, -0.2) is 4.57 Å². The van der Waals surface area contributed by atoms with Crippen LogP contribution in [0.25, 0.3) is 17.0 Å². The second-order valence-corrected chi connectivity index (χ2v) is 7.36. The summed E-state index contributed by atoms with van der Waals surface area (Å²) < 4.78 is 4.50. The molecule has 0 radical (unpaired) electrons. The van der Waals surface area contributed by atoms with Gasteiger partial charge in [-0.1, -0.05) is 30.3 Å². The molecule has 1 aromatic heterocycles. The number of benzene rings is 2. The Kier molecular flexibility index (Phi) is 3.57. The Bertz CT molecular complexity index is 1040. The van der Waals surface area contributed by atoms with Gasteiger partial charge in [0.05, 0.1) is 5.41 Å². The first-order chi connectivity index (χ1) is 12.0. The molecule has 2 heterocycles. The fourth-order valence-electron chi connectivity index (χ4n) is 4.01. The zero-order chi connectivity index (χ0) is 17.6. The second kappa shape index (κ2) is 5.66. The molecule has 1 aliphatic rings. The number of aryl methyl sites for hydroxylation is 1. The van der Waals surface area contributed by atoms with E-state index in [0.717, 1.165) is 0 Å². The van der Waals surface area contributed by atoms with Gasteiger partial charge in [-0.3, -0.25) is 0 Å². The second-order valence-electron chi connectivity index (χ2n) is 7.36. The van der Waals surface area contributed by atoms with E-state index in [-0.39, 0.29) is 5.41 Å². The minimum atomic E-state index is 0.0148. The Balaban J connectivity index is 1.77. The van der Waals surface area contributed by atoms with Gasteiger partial charge in [0.25, 0.3) is 0 Å². The minimum Gasteiger partial charge on any atom is -0.200 e. The zero-order valence-electron chi connectivity index (χ0n) is 15.3. The summed E-state index contributed by atoms with van der Waals surface area (Å²) in [5.74, 6) is 0.